The number of benzene rings is 2. The van der Waals surface area contributed by atoms with Gasteiger partial charge >= 0.3 is 0 Å². The van der Waals surface area contributed by atoms with Gasteiger partial charge in [-0.05, 0) is 70.9 Å². The van der Waals surface area contributed by atoms with E-state index in [1.54, 1.807) is 12.3 Å². The highest BCUT2D eigenvalue weighted by Crippen LogP contribution is 2.33. The van der Waals surface area contributed by atoms with E-state index in [0.717, 1.165) is 88.2 Å². The number of unbranched alkanes of at least 4 members (excludes halogenated alkanes) is 1. The molecule has 2 aromatic carbocycles. The number of fused-ring (bicyclic) bond motifs is 1. The minimum Gasteiger partial charge on any atom is -0.486 e. The van der Waals surface area contributed by atoms with Crippen LogP contribution in [-0.4, -0.2) is 53.1 Å². The molecule has 1 saturated heterocycles. The average Bonchev–Trinajstić information content (AvgIpc) is 3.39. The van der Waals surface area contributed by atoms with E-state index in [4.69, 9.17) is 14.5 Å². The largest absolute Gasteiger partial charge is 0.486 e. The molecule has 214 valence electrons. The molecule has 2 aromatic heterocycles. The van der Waals surface area contributed by atoms with Crippen molar-refractivity contribution in [2.24, 2.45) is 0 Å². The predicted octanol–water partition coefficient (Wildman–Crippen LogP) is 7.16. The molecule has 1 fully saturated rings. The number of hydrogen-bond acceptors (Lipinski definition) is 8. The summed E-state index contributed by atoms with van der Waals surface area (Å²) in [5.41, 5.74) is 3.37. The molecular formula is C31H34BrN5O3S. The number of hydrogen-bond donors (Lipinski definition) is 2. The summed E-state index contributed by atoms with van der Waals surface area (Å²) in [5.74, 6) is 0.610. The molecule has 0 saturated carbocycles. The van der Waals surface area contributed by atoms with Crippen LogP contribution in [0.5, 0.6) is 5.75 Å². The molecule has 2 N–H and O–H groups in total. The summed E-state index contributed by atoms with van der Waals surface area (Å²) in [4.78, 5) is 24.2. The van der Waals surface area contributed by atoms with Gasteiger partial charge in [-0.2, -0.15) is 0 Å². The van der Waals surface area contributed by atoms with Gasteiger partial charge in [-0.3, -0.25) is 14.7 Å². The molecule has 0 radical (unpaired) electrons. The number of aromatic nitrogens is 2. The average molecular weight is 637 g/mol. The van der Waals surface area contributed by atoms with Crippen LogP contribution in [0.2, 0.25) is 0 Å². The van der Waals surface area contributed by atoms with Gasteiger partial charge in [-0.25, -0.2) is 4.98 Å². The first kappa shape index (κ1) is 29.2. The highest BCUT2D eigenvalue weighted by atomic mass is 79.9. The van der Waals surface area contributed by atoms with Crippen molar-refractivity contribution in [1.82, 2.24) is 14.9 Å². The van der Waals surface area contributed by atoms with Gasteiger partial charge in [0.1, 0.15) is 12.4 Å². The van der Waals surface area contributed by atoms with Gasteiger partial charge in [0, 0.05) is 42.8 Å². The maximum absolute atomic E-state index is 12.8. The Morgan fingerprint density at radius 1 is 1.17 bits per heavy atom. The summed E-state index contributed by atoms with van der Waals surface area (Å²) in [5, 5.41) is 7.15. The molecule has 1 amide bonds. The lowest BCUT2D eigenvalue weighted by molar-refractivity contribution is -0.111. The monoisotopic (exact) mass is 635 g/mol. The summed E-state index contributed by atoms with van der Waals surface area (Å²) in [6.45, 7) is 5.89. The van der Waals surface area contributed by atoms with Gasteiger partial charge < -0.3 is 20.1 Å². The van der Waals surface area contributed by atoms with E-state index in [-0.39, 0.29) is 11.9 Å². The van der Waals surface area contributed by atoms with E-state index in [1.807, 2.05) is 60.7 Å². The fraction of sp³-hybridized carbons (Fsp3) is 0.323. The van der Waals surface area contributed by atoms with Crippen molar-refractivity contribution in [1.29, 1.82) is 0 Å². The number of morpholine rings is 1. The summed E-state index contributed by atoms with van der Waals surface area (Å²) in [6.07, 6.45) is 8.77. The van der Waals surface area contributed by atoms with Crippen LogP contribution >= 0.6 is 27.3 Å². The number of nitrogens with zero attached hydrogens (tertiary/aromatic N) is 3. The third-order valence-electron chi connectivity index (χ3n) is 6.78. The van der Waals surface area contributed by atoms with Crippen LogP contribution in [0.4, 0.5) is 16.5 Å². The molecule has 41 heavy (non-hydrogen) atoms. The molecule has 10 heteroatoms. The highest BCUT2D eigenvalue weighted by Gasteiger charge is 2.18. The Hall–Kier alpha value is -3.31. The Balaban J connectivity index is 1.19. The molecule has 5 rings (SSSR count). The third-order valence-corrected chi connectivity index (χ3v) is 8.33. The number of nitrogens with one attached hydrogen (secondary N) is 2. The number of amides is 1. The van der Waals surface area contributed by atoms with E-state index < -0.39 is 0 Å². The van der Waals surface area contributed by atoms with Gasteiger partial charge in [-0.1, -0.05) is 43.2 Å². The number of ether oxygens (including phenoxy) is 2. The quantitative estimate of drug-likeness (QED) is 0.160. The minimum atomic E-state index is -0.128. The first-order valence-electron chi connectivity index (χ1n) is 13.9. The smallest absolute Gasteiger partial charge is 0.248 e. The summed E-state index contributed by atoms with van der Waals surface area (Å²) < 4.78 is 13.2. The number of rotatable bonds is 12. The van der Waals surface area contributed by atoms with E-state index in [1.165, 1.54) is 11.3 Å². The van der Waals surface area contributed by atoms with Crippen molar-refractivity contribution in [3.63, 3.8) is 0 Å². The third kappa shape index (κ3) is 8.36. The van der Waals surface area contributed by atoms with Crippen LogP contribution in [-0.2, 0) is 16.1 Å². The Morgan fingerprint density at radius 3 is 2.80 bits per heavy atom. The molecule has 0 bridgehead atoms. The highest BCUT2D eigenvalue weighted by molar-refractivity contribution is 9.10. The zero-order valence-electron chi connectivity index (χ0n) is 23.0. The van der Waals surface area contributed by atoms with Crippen LogP contribution in [0.25, 0.3) is 10.2 Å². The molecule has 8 nitrogen and oxygen atoms in total. The molecule has 0 spiro atoms. The van der Waals surface area contributed by atoms with Crippen molar-refractivity contribution in [3.8, 4) is 5.75 Å². The molecule has 3 heterocycles. The van der Waals surface area contributed by atoms with Gasteiger partial charge in [0.05, 0.1) is 33.6 Å². The molecular weight excluding hydrogens is 602 g/mol. The predicted molar refractivity (Wildman–Crippen MR) is 169 cm³/mol. The Labute approximate surface area is 252 Å². The number of thiazole rings is 1. The Bertz CT molecular complexity index is 1470. The second-order valence-corrected chi connectivity index (χ2v) is 11.7. The molecule has 1 aliphatic heterocycles. The second-order valence-electron chi connectivity index (χ2n) is 9.79. The molecule has 4 aromatic rings. The van der Waals surface area contributed by atoms with E-state index in [2.05, 4.69) is 43.4 Å². The molecule has 1 aliphatic rings. The van der Waals surface area contributed by atoms with Crippen molar-refractivity contribution in [2.45, 2.75) is 38.8 Å². The fourth-order valence-corrected chi connectivity index (χ4v) is 6.03. The lowest BCUT2D eigenvalue weighted by atomic mass is 10.1. The van der Waals surface area contributed by atoms with Crippen LogP contribution in [0, 0.1) is 0 Å². The minimum absolute atomic E-state index is 0.128. The Morgan fingerprint density at radius 2 is 2.02 bits per heavy atom. The molecule has 1 unspecified atom stereocenters. The van der Waals surface area contributed by atoms with Crippen LogP contribution in [0.15, 0.2) is 77.4 Å². The fourth-order valence-electron chi connectivity index (χ4n) is 4.62. The topological polar surface area (TPSA) is 88.6 Å². The van der Waals surface area contributed by atoms with Gasteiger partial charge in [0.15, 0.2) is 5.13 Å². The van der Waals surface area contributed by atoms with Crippen LogP contribution in [0.1, 0.15) is 31.9 Å². The number of anilines is 3. The van der Waals surface area contributed by atoms with Gasteiger partial charge in [0.2, 0.25) is 5.91 Å². The zero-order valence-corrected chi connectivity index (χ0v) is 25.4. The SMILES string of the molecule is CCCCC(/C=C/C(=O)Nc1ccc2nc(Nc3ccc(OCc4ccccn4)c(Br)c3)sc2c1)N1CCOCC1. The van der Waals surface area contributed by atoms with Crippen LogP contribution in [0.3, 0.4) is 0 Å². The standard InChI is InChI=1S/C31H34BrN5O3S/c1-2-3-7-25(37-15-17-39-18-16-37)10-13-30(38)34-23-8-11-27-29(20-23)41-31(36-27)35-22-9-12-28(26(32)19-22)40-21-24-6-4-5-14-33-24/h4-6,8-14,19-20,25H,2-3,7,15-18,21H2,1H3,(H,34,38)(H,35,36)/b13-10+. The second kappa shape index (κ2) is 14.5. The first-order valence-corrected chi connectivity index (χ1v) is 15.5. The summed E-state index contributed by atoms with van der Waals surface area (Å²) in [6, 6.07) is 17.6. The van der Waals surface area contributed by atoms with E-state index in [9.17, 15) is 4.79 Å². The number of halogens is 1. The van der Waals surface area contributed by atoms with E-state index >= 15 is 0 Å². The number of carbonyl (C=O) groups excluding carboxylic acids is 1. The van der Waals surface area contributed by atoms with Gasteiger partial charge in [0.25, 0.3) is 0 Å². The van der Waals surface area contributed by atoms with E-state index in [0.29, 0.717) is 6.61 Å². The number of pyridine rings is 1. The summed E-state index contributed by atoms with van der Waals surface area (Å²) in [7, 11) is 0. The zero-order chi connectivity index (χ0) is 28.4. The van der Waals surface area contributed by atoms with Crippen molar-refractivity contribution >= 4 is 59.9 Å². The summed E-state index contributed by atoms with van der Waals surface area (Å²) >= 11 is 5.13. The van der Waals surface area contributed by atoms with Crippen LogP contribution < -0.4 is 15.4 Å². The number of carbonyl (C=O) groups is 1. The lowest BCUT2D eigenvalue weighted by Gasteiger charge is -2.32. The maximum Gasteiger partial charge on any atom is 0.248 e. The normalized spacial score (nSPS) is 14.8. The lowest BCUT2D eigenvalue weighted by Crippen LogP contribution is -2.42. The maximum atomic E-state index is 12.8. The molecule has 0 aliphatic carbocycles. The molecule has 1 atom stereocenters. The van der Waals surface area contributed by atoms with Crippen molar-refractivity contribution in [2.75, 3.05) is 36.9 Å². The van der Waals surface area contributed by atoms with Crippen molar-refractivity contribution < 1.29 is 14.3 Å². The van der Waals surface area contributed by atoms with Crippen molar-refractivity contribution in [3.05, 3.63) is 83.1 Å². The first-order chi connectivity index (χ1) is 20.1. The Kier molecular flexibility index (Phi) is 10.4. The van der Waals surface area contributed by atoms with Gasteiger partial charge in [-0.15, -0.1) is 0 Å².